The fourth-order valence-corrected chi connectivity index (χ4v) is 2.80. The van der Waals surface area contributed by atoms with Gasteiger partial charge in [-0.25, -0.2) is 9.78 Å². The van der Waals surface area contributed by atoms with Crippen molar-refractivity contribution in [2.75, 3.05) is 13.7 Å². The van der Waals surface area contributed by atoms with E-state index in [-0.39, 0.29) is 17.9 Å². The van der Waals surface area contributed by atoms with E-state index in [2.05, 4.69) is 20.0 Å². The zero-order valence-corrected chi connectivity index (χ0v) is 13.5. The molecule has 1 aliphatic heterocycles. The van der Waals surface area contributed by atoms with Crippen LogP contribution in [0.3, 0.4) is 0 Å². The van der Waals surface area contributed by atoms with Gasteiger partial charge in [0.15, 0.2) is 0 Å². The standard InChI is InChI=1S/C15H24N4O3/c1-9(2)12(18-15(21)22-4)14(20)19-7-5-6-11(19)13-16-8-10(3)17-13/h8-9,11-12H,5-7H2,1-4H3,(H,16,17)(H,18,21)/t11-,12?/m0/s1. The van der Waals surface area contributed by atoms with Crippen molar-refractivity contribution in [2.45, 2.75) is 45.7 Å². The van der Waals surface area contributed by atoms with Gasteiger partial charge in [0.25, 0.3) is 0 Å². The fourth-order valence-electron chi connectivity index (χ4n) is 2.80. The first-order valence-corrected chi connectivity index (χ1v) is 7.60. The van der Waals surface area contributed by atoms with Gasteiger partial charge < -0.3 is 19.9 Å². The number of nitrogens with zero attached hydrogens (tertiary/aromatic N) is 2. The Hall–Kier alpha value is -2.05. The van der Waals surface area contributed by atoms with Crippen LogP contribution >= 0.6 is 0 Å². The van der Waals surface area contributed by atoms with Crippen molar-refractivity contribution in [3.8, 4) is 0 Å². The van der Waals surface area contributed by atoms with Gasteiger partial charge in [0.1, 0.15) is 11.9 Å². The summed E-state index contributed by atoms with van der Waals surface area (Å²) in [6.07, 6.45) is 2.99. The molecule has 1 aliphatic rings. The lowest BCUT2D eigenvalue weighted by atomic mass is 10.0. The molecule has 2 amide bonds. The van der Waals surface area contributed by atoms with Gasteiger partial charge >= 0.3 is 6.09 Å². The highest BCUT2D eigenvalue weighted by molar-refractivity contribution is 5.86. The second-order valence-electron chi connectivity index (χ2n) is 6.00. The molecular formula is C15H24N4O3. The fraction of sp³-hybridized carbons (Fsp3) is 0.667. The van der Waals surface area contributed by atoms with Crippen molar-refractivity contribution >= 4 is 12.0 Å². The maximum atomic E-state index is 12.8. The van der Waals surface area contributed by atoms with Gasteiger partial charge in [-0.15, -0.1) is 0 Å². The van der Waals surface area contributed by atoms with Crippen LogP contribution in [0.5, 0.6) is 0 Å². The number of carbonyl (C=O) groups excluding carboxylic acids is 2. The highest BCUT2D eigenvalue weighted by atomic mass is 16.5. The van der Waals surface area contributed by atoms with Crippen LogP contribution < -0.4 is 5.32 Å². The zero-order valence-electron chi connectivity index (χ0n) is 13.5. The Morgan fingerprint density at radius 2 is 2.23 bits per heavy atom. The van der Waals surface area contributed by atoms with E-state index in [1.54, 1.807) is 11.1 Å². The number of rotatable bonds is 4. The Labute approximate surface area is 130 Å². The van der Waals surface area contributed by atoms with E-state index >= 15 is 0 Å². The number of carbonyl (C=O) groups is 2. The number of hydrogen-bond donors (Lipinski definition) is 2. The van der Waals surface area contributed by atoms with Crippen LogP contribution in [0.15, 0.2) is 6.20 Å². The van der Waals surface area contributed by atoms with E-state index in [1.807, 2.05) is 20.8 Å². The maximum Gasteiger partial charge on any atom is 0.407 e. The summed E-state index contributed by atoms with van der Waals surface area (Å²) in [5, 5.41) is 2.64. The highest BCUT2D eigenvalue weighted by Gasteiger charge is 2.37. The number of alkyl carbamates (subject to hydrolysis) is 1. The second-order valence-corrected chi connectivity index (χ2v) is 6.00. The summed E-state index contributed by atoms with van der Waals surface area (Å²) in [7, 11) is 1.29. The van der Waals surface area contributed by atoms with Gasteiger partial charge in [-0.3, -0.25) is 4.79 Å². The molecule has 1 aromatic heterocycles. The summed E-state index contributed by atoms with van der Waals surface area (Å²) in [5.41, 5.74) is 0.974. The van der Waals surface area contributed by atoms with E-state index in [0.29, 0.717) is 6.54 Å². The largest absolute Gasteiger partial charge is 0.453 e. The minimum absolute atomic E-state index is 0.0220. The first kappa shape index (κ1) is 16.3. The third-order valence-electron chi connectivity index (χ3n) is 3.97. The number of nitrogens with one attached hydrogen (secondary N) is 2. The van der Waals surface area contributed by atoms with Gasteiger partial charge in [0.2, 0.25) is 5.91 Å². The summed E-state index contributed by atoms with van der Waals surface area (Å²) in [6.45, 7) is 6.42. The van der Waals surface area contributed by atoms with Crippen LogP contribution in [0.1, 0.15) is 44.2 Å². The Balaban J connectivity index is 2.16. The zero-order chi connectivity index (χ0) is 16.3. The van der Waals surface area contributed by atoms with Gasteiger partial charge in [0.05, 0.1) is 13.2 Å². The summed E-state index contributed by atoms with van der Waals surface area (Å²) in [5.74, 6) is 0.701. The molecular weight excluding hydrogens is 284 g/mol. The predicted molar refractivity (Wildman–Crippen MR) is 81.2 cm³/mol. The molecule has 1 aromatic rings. The summed E-state index contributed by atoms with van der Waals surface area (Å²) in [6, 6.07) is -0.647. The molecule has 122 valence electrons. The minimum Gasteiger partial charge on any atom is -0.453 e. The van der Waals surface area contributed by atoms with Crippen LogP contribution in [0.25, 0.3) is 0 Å². The lowest BCUT2D eigenvalue weighted by molar-refractivity contribution is -0.135. The smallest absolute Gasteiger partial charge is 0.407 e. The molecule has 7 heteroatoms. The van der Waals surface area contributed by atoms with Gasteiger partial charge in [-0.1, -0.05) is 13.8 Å². The monoisotopic (exact) mass is 308 g/mol. The molecule has 0 bridgehead atoms. The van der Waals surface area contributed by atoms with E-state index in [4.69, 9.17) is 0 Å². The molecule has 7 nitrogen and oxygen atoms in total. The molecule has 2 atom stereocenters. The van der Waals surface area contributed by atoms with Crippen LogP contribution in [0, 0.1) is 12.8 Å². The minimum atomic E-state index is -0.593. The average Bonchev–Trinajstić information content (AvgIpc) is 3.11. The number of aryl methyl sites for hydroxylation is 1. The quantitative estimate of drug-likeness (QED) is 0.887. The summed E-state index contributed by atoms with van der Waals surface area (Å²) < 4.78 is 4.62. The van der Waals surface area contributed by atoms with Crippen molar-refractivity contribution in [3.63, 3.8) is 0 Å². The number of ether oxygens (including phenoxy) is 1. The van der Waals surface area contributed by atoms with Crippen molar-refractivity contribution in [2.24, 2.45) is 5.92 Å². The Kier molecular flexibility index (Phi) is 5.05. The van der Waals surface area contributed by atoms with E-state index in [0.717, 1.165) is 24.4 Å². The summed E-state index contributed by atoms with van der Waals surface area (Å²) >= 11 is 0. The first-order valence-electron chi connectivity index (χ1n) is 7.60. The molecule has 0 spiro atoms. The Bertz CT molecular complexity index is 541. The molecule has 0 saturated carbocycles. The number of aromatic nitrogens is 2. The molecule has 1 unspecified atom stereocenters. The predicted octanol–water partition coefficient (Wildman–Crippen LogP) is 1.76. The van der Waals surface area contributed by atoms with E-state index in [9.17, 15) is 9.59 Å². The van der Waals surface area contributed by atoms with Crippen LogP contribution in [0.2, 0.25) is 0 Å². The normalized spacial score (nSPS) is 19.3. The van der Waals surface area contributed by atoms with Crippen LogP contribution in [-0.2, 0) is 9.53 Å². The van der Waals surface area contributed by atoms with Crippen molar-refractivity contribution in [3.05, 3.63) is 17.7 Å². The Morgan fingerprint density at radius 1 is 1.50 bits per heavy atom. The number of methoxy groups -OCH3 is 1. The molecule has 2 heterocycles. The first-order chi connectivity index (χ1) is 10.4. The highest BCUT2D eigenvalue weighted by Crippen LogP contribution is 2.31. The van der Waals surface area contributed by atoms with E-state index in [1.165, 1.54) is 7.11 Å². The number of likely N-dealkylation sites (tertiary alicyclic amines) is 1. The molecule has 0 radical (unpaired) electrons. The van der Waals surface area contributed by atoms with Crippen molar-refractivity contribution in [1.29, 1.82) is 0 Å². The molecule has 1 fully saturated rings. The third-order valence-corrected chi connectivity index (χ3v) is 3.97. The molecule has 22 heavy (non-hydrogen) atoms. The number of amides is 2. The molecule has 1 saturated heterocycles. The van der Waals surface area contributed by atoms with Gasteiger partial charge in [0, 0.05) is 18.4 Å². The van der Waals surface area contributed by atoms with Crippen LogP contribution in [0.4, 0.5) is 4.79 Å². The molecule has 2 rings (SSSR count). The van der Waals surface area contributed by atoms with Crippen molar-refractivity contribution in [1.82, 2.24) is 20.2 Å². The number of hydrogen-bond acceptors (Lipinski definition) is 4. The lowest BCUT2D eigenvalue weighted by Gasteiger charge is -2.29. The number of aromatic amines is 1. The number of H-pyrrole nitrogens is 1. The van der Waals surface area contributed by atoms with Crippen LogP contribution in [-0.4, -0.2) is 46.6 Å². The second kappa shape index (κ2) is 6.81. The SMILES string of the molecule is COC(=O)NC(C(=O)N1CCC[C@H]1c1ncc(C)[nH]1)C(C)C. The van der Waals surface area contributed by atoms with E-state index < -0.39 is 12.1 Å². The Morgan fingerprint density at radius 3 is 2.77 bits per heavy atom. The third kappa shape index (κ3) is 3.40. The molecule has 0 aliphatic carbocycles. The average molecular weight is 308 g/mol. The maximum absolute atomic E-state index is 12.8. The van der Waals surface area contributed by atoms with Crippen molar-refractivity contribution < 1.29 is 14.3 Å². The summed E-state index contributed by atoms with van der Waals surface area (Å²) in [4.78, 5) is 33.7. The molecule has 2 N–H and O–H groups in total. The van der Waals surface area contributed by atoms with Gasteiger partial charge in [-0.2, -0.15) is 0 Å². The molecule has 0 aromatic carbocycles. The topological polar surface area (TPSA) is 87.3 Å². The lowest BCUT2D eigenvalue weighted by Crippen LogP contribution is -2.51. The van der Waals surface area contributed by atoms with Gasteiger partial charge in [-0.05, 0) is 25.7 Å². The number of imidazole rings is 1.